The second-order valence-electron chi connectivity index (χ2n) is 4.36. The molecule has 1 aromatic carbocycles. The summed E-state index contributed by atoms with van der Waals surface area (Å²) < 4.78 is 10.7. The fraction of sp³-hybridized carbons (Fsp3) is 0.429. The topological polar surface area (TPSA) is 67.9 Å². The molecule has 0 unspecified atom stereocenters. The van der Waals surface area contributed by atoms with Gasteiger partial charge in [0, 0.05) is 13.1 Å². The van der Waals surface area contributed by atoms with E-state index in [1.807, 2.05) is 6.92 Å². The molecule has 1 saturated heterocycles. The van der Waals surface area contributed by atoms with Crippen molar-refractivity contribution in [1.29, 1.82) is 0 Å². The molecule has 1 aromatic rings. The van der Waals surface area contributed by atoms with Crippen LogP contribution < -0.4 is 14.8 Å². The number of hydrogen-bond acceptors (Lipinski definition) is 4. The van der Waals surface area contributed by atoms with E-state index in [2.05, 4.69) is 5.32 Å². The Morgan fingerprint density at radius 2 is 1.90 bits per heavy atom. The molecule has 6 nitrogen and oxygen atoms in total. The van der Waals surface area contributed by atoms with Crippen LogP contribution in [0.25, 0.3) is 0 Å². The van der Waals surface area contributed by atoms with E-state index in [9.17, 15) is 9.59 Å². The first-order valence-corrected chi connectivity index (χ1v) is 6.59. The second-order valence-corrected chi connectivity index (χ2v) is 4.36. The number of amides is 2. The molecule has 1 aliphatic heterocycles. The van der Waals surface area contributed by atoms with Gasteiger partial charge in [0.15, 0.2) is 6.61 Å². The summed E-state index contributed by atoms with van der Waals surface area (Å²) >= 11 is 0. The van der Waals surface area contributed by atoms with E-state index < -0.39 is 0 Å². The maximum Gasteiger partial charge on any atom is 0.261 e. The third-order valence-corrected chi connectivity index (χ3v) is 2.89. The number of piperazine rings is 1. The van der Waals surface area contributed by atoms with Crippen LogP contribution in [-0.4, -0.2) is 49.6 Å². The maximum absolute atomic E-state index is 11.9. The first-order valence-electron chi connectivity index (χ1n) is 6.59. The Balaban J connectivity index is 1.82. The molecule has 6 heteroatoms. The quantitative estimate of drug-likeness (QED) is 0.847. The molecule has 1 fully saturated rings. The normalized spacial score (nSPS) is 14.7. The Kier molecular flexibility index (Phi) is 4.81. The summed E-state index contributed by atoms with van der Waals surface area (Å²) in [4.78, 5) is 24.6. The van der Waals surface area contributed by atoms with Crippen molar-refractivity contribution in [3.63, 3.8) is 0 Å². The molecule has 2 rings (SSSR count). The maximum atomic E-state index is 11.9. The minimum Gasteiger partial charge on any atom is -0.494 e. The van der Waals surface area contributed by atoms with Gasteiger partial charge in [0.1, 0.15) is 11.5 Å². The van der Waals surface area contributed by atoms with E-state index in [0.717, 1.165) is 5.75 Å². The molecule has 0 aliphatic carbocycles. The van der Waals surface area contributed by atoms with Crippen LogP contribution in [0.4, 0.5) is 0 Å². The molecule has 0 bridgehead atoms. The summed E-state index contributed by atoms with van der Waals surface area (Å²) in [7, 11) is 0. The van der Waals surface area contributed by atoms with Gasteiger partial charge in [-0.05, 0) is 31.2 Å². The Morgan fingerprint density at radius 3 is 2.50 bits per heavy atom. The van der Waals surface area contributed by atoms with Crippen LogP contribution in [0.3, 0.4) is 0 Å². The molecular weight excluding hydrogens is 260 g/mol. The van der Waals surface area contributed by atoms with Crippen LogP contribution in [0.5, 0.6) is 11.5 Å². The predicted molar refractivity (Wildman–Crippen MR) is 72.7 cm³/mol. The molecule has 1 heterocycles. The molecule has 0 aromatic heterocycles. The van der Waals surface area contributed by atoms with E-state index >= 15 is 0 Å². The molecular formula is C14H18N2O4. The average molecular weight is 278 g/mol. The van der Waals surface area contributed by atoms with Gasteiger partial charge >= 0.3 is 0 Å². The Morgan fingerprint density at radius 1 is 1.25 bits per heavy atom. The number of carbonyl (C=O) groups is 2. The number of ether oxygens (including phenoxy) is 2. The van der Waals surface area contributed by atoms with Crippen molar-refractivity contribution in [2.75, 3.05) is 32.8 Å². The summed E-state index contributed by atoms with van der Waals surface area (Å²) in [5, 5.41) is 2.67. The minimum atomic E-state index is -0.186. The van der Waals surface area contributed by atoms with Crippen molar-refractivity contribution >= 4 is 11.8 Å². The fourth-order valence-electron chi connectivity index (χ4n) is 1.89. The highest BCUT2D eigenvalue weighted by Gasteiger charge is 2.21. The Labute approximate surface area is 117 Å². The van der Waals surface area contributed by atoms with Gasteiger partial charge in [-0.25, -0.2) is 0 Å². The van der Waals surface area contributed by atoms with Crippen molar-refractivity contribution in [3.05, 3.63) is 24.3 Å². The van der Waals surface area contributed by atoms with Crippen molar-refractivity contribution in [1.82, 2.24) is 10.2 Å². The molecule has 0 radical (unpaired) electrons. The van der Waals surface area contributed by atoms with Gasteiger partial charge in [-0.2, -0.15) is 0 Å². The van der Waals surface area contributed by atoms with Gasteiger partial charge < -0.3 is 19.7 Å². The third kappa shape index (κ3) is 3.88. The third-order valence-electron chi connectivity index (χ3n) is 2.89. The van der Waals surface area contributed by atoms with E-state index in [4.69, 9.17) is 9.47 Å². The Hall–Kier alpha value is -2.24. The molecule has 0 saturated carbocycles. The lowest BCUT2D eigenvalue weighted by atomic mass is 10.3. The number of rotatable bonds is 5. The summed E-state index contributed by atoms with van der Waals surface area (Å²) in [6, 6.07) is 7.08. The lowest BCUT2D eigenvalue weighted by molar-refractivity contribution is -0.139. The van der Waals surface area contributed by atoms with Crippen molar-refractivity contribution in [2.45, 2.75) is 6.92 Å². The zero-order chi connectivity index (χ0) is 14.4. The van der Waals surface area contributed by atoms with Gasteiger partial charge in [0.2, 0.25) is 5.91 Å². The fourth-order valence-corrected chi connectivity index (χ4v) is 1.89. The van der Waals surface area contributed by atoms with E-state index in [-0.39, 0.29) is 25.0 Å². The zero-order valence-electron chi connectivity index (χ0n) is 11.4. The van der Waals surface area contributed by atoms with Crippen molar-refractivity contribution in [3.8, 4) is 11.5 Å². The zero-order valence-corrected chi connectivity index (χ0v) is 11.4. The van der Waals surface area contributed by atoms with Crippen LogP contribution >= 0.6 is 0 Å². The SMILES string of the molecule is CCOc1ccc(OCC(=O)N2CCNC(=O)C2)cc1. The molecule has 2 amide bonds. The van der Waals surface area contributed by atoms with Crippen molar-refractivity contribution in [2.24, 2.45) is 0 Å². The van der Waals surface area contributed by atoms with Gasteiger partial charge in [-0.3, -0.25) is 9.59 Å². The summed E-state index contributed by atoms with van der Waals surface area (Å²) in [5.74, 6) is 1.04. The van der Waals surface area contributed by atoms with Crippen LogP contribution in [0, 0.1) is 0 Å². The van der Waals surface area contributed by atoms with Crippen LogP contribution in [0.1, 0.15) is 6.92 Å². The first-order chi connectivity index (χ1) is 9.69. The van der Waals surface area contributed by atoms with Crippen LogP contribution in [0.2, 0.25) is 0 Å². The largest absolute Gasteiger partial charge is 0.494 e. The number of hydrogen-bond donors (Lipinski definition) is 1. The van der Waals surface area contributed by atoms with Crippen LogP contribution in [0.15, 0.2) is 24.3 Å². The summed E-state index contributed by atoms with van der Waals surface area (Å²) in [6.45, 7) is 3.57. The molecule has 0 atom stereocenters. The van der Waals surface area contributed by atoms with E-state index in [1.165, 1.54) is 4.90 Å². The minimum absolute atomic E-state index is 0.0682. The Bertz CT molecular complexity index is 473. The molecule has 20 heavy (non-hydrogen) atoms. The van der Waals surface area contributed by atoms with Crippen LogP contribution in [-0.2, 0) is 9.59 Å². The highest BCUT2D eigenvalue weighted by atomic mass is 16.5. The molecule has 0 spiro atoms. The molecule has 108 valence electrons. The summed E-state index contributed by atoms with van der Waals surface area (Å²) in [5.41, 5.74) is 0. The molecule has 1 aliphatic rings. The second kappa shape index (κ2) is 6.79. The van der Waals surface area contributed by atoms with Gasteiger partial charge in [0.25, 0.3) is 5.91 Å². The monoisotopic (exact) mass is 278 g/mol. The standard InChI is InChI=1S/C14H18N2O4/c1-2-19-11-3-5-12(6-4-11)20-10-14(18)16-8-7-15-13(17)9-16/h3-6H,2,7-10H2,1H3,(H,15,17). The van der Waals surface area contributed by atoms with E-state index in [1.54, 1.807) is 24.3 Å². The lowest BCUT2D eigenvalue weighted by Crippen LogP contribution is -2.51. The van der Waals surface area contributed by atoms with Gasteiger partial charge in [0.05, 0.1) is 13.2 Å². The summed E-state index contributed by atoms with van der Waals surface area (Å²) in [6.07, 6.45) is 0. The van der Waals surface area contributed by atoms with Gasteiger partial charge in [-0.1, -0.05) is 0 Å². The first kappa shape index (κ1) is 14.2. The number of carbonyl (C=O) groups excluding carboxylic acids is 2. The van der Waals surface area contributed by atoms with Crippen molar-refractivity contribution < 1.29 is 19.1 Å². The predicted octanol–water partition coefficient (Wildman–Crippen LogP) is 0.422. The number of benzene rings is 1. The molecule has 1 N–H and O–H groups in total. The number of nitrogens with one attached hydrogen (secondary N) is 1. The highest BCUT2D eigenvalue weighted by Crippen LogP contribution is 2.17. The average Bonchev–Trinajstić information content (AvgIpc) is 2.46. The van der Waals surface area contributed by atoms with Gasteiger partial charge in [-0.15, -0.1) is 0 Å². The lowest BCUT2D eigenvalue weighted by Gasteiger charge is -2.26. The van der Waals surface area contributed by atoms with E-state index in [0.29, 0.717) is 25.4 Å². The smallest absolute Gasteiger partial charge is 0.261 e. The highest BCUT2D eigenvalue weighted by molar-refractivity contribution is 5.86. The number of nitrogens with zero attached hydrogens (tertiary/aromatic N) is 1.